The van der Waals surface area contributed by atoms with Crippen LogP contribution in [0.3, 0.4) is 0 Å². The number of nitrogens with zero attached hydrogens (tertiary/aromatic N) is 1. The Morgan fingerprint density at radius 2 is 1.86 bits per heavy atom. The summed E-state index contributed by atoms with van der Waals surface area (Å²) in [4.78, 5) is 13.8. The van der Waals surface area contributed by atoms with E-state index in [-0.39, 0.29) is 13.2 Å². The van der Waals surface area contributed by atoms with Gasteiger partial charge in [-0.2, -0.15) is 0 Å². The van der Waals surface area contributed by atoms with E-state index >= 15 is 0 Å². The lowest BCUT2D eigenvalue weighted by atomic mass is 10.0. The van der Waals surface area contributed by atoms with Crippen LogP contribution in [0.5, 0.6) is 0 Å². The maximum Gasteiger partial charge on any atom is 0.339 e. The predicted molar refractivity (Wildman–Crippen MR) is 87.2 cm³/mol. The first-order valence-electron chi connectivity index (χ1n) is 7.54. The average Bonchev–Trinajstić information content (AvgIpc) is 2.37. The van der Waals surface area contributed by atoms with E-state index in [9.17, 15) is 9.90 Å². The van der Waals surface area contributed by atoms with E-state index in [0.29, 0.717) is 6.42 Å². The van der Waals surface area contributed by atoms with Crippen molar-refractivity contribution in [3.8, 4) is 0 Å². The lowest BCUT2D eigenvalue weighted by molar-refractivity contribution is -0.166. The van der Waals surface area contributed by atoms with Crippen molar-refractivity contribution < 1.29 is 14.6 Å². The van der Waals surface area contributed by atoms with Crippen molar-refractivity contribution in [2.45, 2.75) is 52.6 Å². The van der Waals surface area contributed by atoms with Gasteiger partial charge in [-0.05, 0) is 60.2 Å². The fraction of sp³-hybridized carbons (Fsp3) is 0.706. The third-order valence-corrected chi connectivity index (χ3v) is 3.28. The van der Waals surface area contributed by atoms with Crippen LogP contribution in [0, 0.1) is 0 Å². The van der Waals surface area contributed by atoms with Crippen LogP contribution in [0.4, 0.5) is 0 Å². The van der Waals surface area contributed by atoms with Crippen LogP contribution in [0.1, 0.15) is 47.0 Å². The number of rotatable bonds is 9. The van der Waals surface area contributed by atoms with Gasteiger partial charge in [-0.1, -0.05) is 24.1 Å². The van der Waals surface area contributed by atoms with Gasteiger partial charge in [-0.3, -0.25) is 0 Å². The Morgan fingerprint density at radius 3 is 2.33 bits per heavy atom. The quantitative estimate of drug-likeness (QED) is 0.525. The van der Waals surface area contributed by atoms with Gasteiger partial charge < -0.3 is 14.7 Å². The number of carbonyl (C=O) groups is 1. The molecule has 0 saturated heterocycles. The first-order valence-corrected chi connectivity index (χ1v) is 7.54. The van der Waals surface area contributed by atoms with E-state index in [1.807, 2.05) is 27.1 Å². The summed E-state index contributed by atoms with van der Waals surface area (Å²) in [6, 6.07) is 0. The standard InChI is InChI=1S/C17H31NO3/c1-7-17(20,13-18(5)6)16(19)21-12-11-15(4)10-8-9-14(2)3/h9,11,20H,7-8,10,12-13H2,1-6H3/b15-11+. The number of likely N-dealkylation sites (N-methyl/N-ethyl adjacent to an activating group) is 1. The van der Waals surface area contributed by atoms with Gasteiger partial charge >= 0.3 is 5.97 Å². The molecule has 0 amide bonds. The Labute approximate surface area is 129 Å². The molecule has 0 aromatic carbocycles. The molecule has 0 fully saturated rings. The maximum absolute atomic E-state index is 12.0. The first-order chi connectivity index (χ1) is 9.71. The van der Waals surface area contributed by atoms with Crippen LogP contribution in [0.2, 0.25) is 0 Å². The molecule has 0 heterocycles. The van der Waals surface area contributed by atoms with E-state index in [1.54, 1.807) is 11.8 Å². The molecular formula is C17H31NO3. The number of carbonyl (C=O) groups excluding carboxylic acids is 1. The fourth-order valence-electron chi connectivity index (χ4n) is 1.93. The minimum absolute atomic E-state index is 0.217. The molecule has 0 bridgehead atoms. The molecule has 0 radical (unpaired) electrons. The SMILES string of the molecule is CCC(O)(CN(C)C)C(=O)OC/C=C(\C)CCC=C(C)C. The van der Waals surface area contributed by atoms with Gasteiger partial charge in [0.2, 0.25) is 0 Å². The highest BCUT2D eigenvalue weighted by Gasteiger charge is 2.36. The fourth-order valence-corrected chi connectivity index (χ4v) is 1.93. The Hall–Kier alpha value is -1.13. The number of hydrogen-bond acceptors (Lipinski definition) is 4. The van der Waals surface area contributed by atoms with E-state index in [1.165, 1.54) is 11.1 Å². The van der Waals surface area contributed by atoms with Gasteiger partial charge in [0.1, 0.15) is 6.61 Å². The Balaban J connectivity index is 4.31. The molecule has 1 N–H and O–H groups in total. The van der Waals surface area contributed by atoms with Gasteiger partial charge in [0.25, 0.3) is 0 Å². The van der Waals surface area contributed by atoms with Crippen LogP contribution in [-0.2, 0) is 9.53 Å². The molecule has 0 rings (SSSR count). The van der Waals surface area contributed by atoms with Crippen molar-refractivity contribution >= 4 is 5.97 Å². The second-order valence-corrected chi connectivity index (χ2v) is 6.09. The predicted octanol–water partition coefficient (Wildman–Crippen LogP) is 2.93. The van der Waals surface area contributed by atoms with Gasteiger partial charge in [0.15, 0.2) is 5.60 Å². The smallest absolute Gasteiger partial charge is 0.339 e. The van der Waals surface area contributed by atoms with Crippen molar-refractivity contribution in [2.75, 3.05) is 27.2 Å². The number of hydrogen-bond donors (Lipinski definition) is 1. The van der Waals surface area contributed by atoms with Gasteiger partial charge in [-0.25, -0.2) is 4.79 Å². The summed E-state index contributed by atoms with van der Waals surface area (Å²) in [6.07, 6.45) is 6.39. The molecule has 0 saturated carbocycles. The summed E-state index contributed by atoms with van der Waals surface area (Å²) in [6.45, 7) is 8.46. The minimum atomic E-state index is -1.42. The highest BCUT2D eigenvalue weighted by atomic mass is 16.5. The van der Waals surface area contributed by atoms with Crippen LogP contribution in [0.15, 0.2) is 23.3 Å². The van der Waals surface area contributed by atoms with Gasteiger partial charge in [-0.15, -0.1) is 0 Å². The molecule has 0 aliphatic heterocycles. The van der Waals surface area contributed by atoms with Crippen molar-refractivity contribution in [3.05, 3.63) is 23.3 Å². The summed E-state index contributed by atoms with van der Waals surface area (Å²) in [5, 5.41) is 10.3. The lowest BCUT2D eigenvalue weighted by Crippen LogP contribution is -2.47. The van der Waals surface area contributed by atoms with Crippen molar-refractivity contribution in [1.29, 1.82) is 0 Å². The average molecular weight is 297 g/mol. The third kappa shape index (κ3) is 8.68. The van der Waals surface area contributed by atoms with Crippen LogP contribution in [0.25, 0.3) is 0 Å². The highest BCUT2D eigenvalue weighted by Crippen LogP contribution is 2.14. The van der Waals surface area contributed by atoms with Gasteiger partial charge in [0, 0.05) is 6.54 Å². The molecular weight excluding hydrogens is 266 g/mol. The summed E-state index contributed by atoms with van der Waals surface area (Å²) in [5.41, 5.74) is 1.08. The second-order valence-electron chi connectivity index (χ2n) is 6.09. The molecule has 1 atom stereocenters. The van der Waals surface area contributed by atoms with Crippen molar-refractivity contribution in [2.24, 2.45) is 0 Å². The molecule has 0 aliphatic rings. The third-order valence-electron chi connectivity index (χ3n) is 3.28. The van der Waals surface area contributed by atoms with Crippen molar-refractivity contribution in [1.82, 2.24) is 4.90 Å². The summed E-state index contributed by atoms with van der Waals surface area (Å²) in [5.74, 6) is -0.549. The van der Waals surface area contributed by atoms with Crippen LogP contribution in [-0.4, -0.2) is 48.8 Å². The van der Waals surface area contributed by atoms with E-state index in [0.717, 1.165) is 12.8 Å². The zero-order chi connectivity index (χ0) is 16.5. The molecule has 0 aliphatic carbocycles. The molecule has 0 aromatic rings. The number of ether oxygens (including phenoxy) is 1. The van der Waals surface area contributed by atoms with E-state index in [4.69, 9.17) is 4.74 Å². The Morgan fingerprint density at radius 1 is 1.24 bits per heavy atom. The number of aliphatic hydroxyl groups is 1. The first kappa shape index (κ1) is 19.9. The zero-order valence-corrected chi connectivity index (χ0v) is 14.4. The number of esters is 1. The minimum Gasteiger partial charge on any atom is -0.459 e. The summed E-state index contributed by atoms with van der Waals surface area (Å²) >= 11 is 0. The zero-order valence-electron chi connectivity index (χ0n) is 14.4. The van der Waals surface area contributed by atoms with Crippen molar-refractivity contribution in [3.63, 3.8) is 0 Å². The van der Waals surface area contributed by atoms with Gasteiger partial charge in [0.05, 0.1) is 0 Å². The molecule has 4 nitrogen and oxygen atoms in total. The second kappa shape index (κ2) is 9.74. The highest BCUT2D eigenvalue weighted by molar-refractivity contribution is 5.79. The topological polar surface area (TPSA) is 49.8 Å². The largest absolute Gasteiger partial charge is 0.459 e. The van der Waals surface area contributed by atoms with Crippen LogP contribution < -0.4 is 0 Å². The maximum atomic E-state index is 12.0. The monoisotopic (exact) mass is 297 g/mol. The lowest BCUT2D eigenvalue weighted by Gasteiger charge is -2.27. The van der Waals surface area contributed by atoms with E-state index in [2.05, 4.69) is 19.9 Å². The molecule has 1 unspecified atom stereocenters. The molecule has 0 aromatic heterocycles. The molecule has 122 valence electrons. The Bertz CT molecular complexity index is 381. The number of allylic oxidation sites excluding steroid dienone is 3. The molecule has 0 spiro atoms. The molecule has 4 heteroatoms. The van der Waals surface area contributed by atoms with E-state index < -0.39 is 11.6 Å². The van der Waals surface area contributed by atoms with Crippen LogP contribution >= 0.6 is 0 Å². The summed E-state index contributed by atoms with van der Waals surface area (Å²) in [7, 11) is 3.64. The normalized spacial score (nSPS) is 14.8. The summed E-state index contributed by atoms with van der Waals surface area (Å²) < 4.78 is 5.19. The molecule has 21 heavy (non-hydrogen) atoms. The Kier molecular flexibility index (Phi) is 9.22.